The zero-order valence-electron chi connectivity index (χ0n) is 17.9. The van der Waals surface area contributed by atoms with Gasteiger partial charge in [-0.1, -0.05) is 82.3 Å². The first-order chi connectivity index (χ1) is 13.3. The largest absolute Gasteiger partial charge is 0.326 e. The summed E-state index contributed by atoms with van der Waals surface area (Å²) in [6, 6.07) is 18.2. The van der Waals surface area contributed by atoms with Gasteiger partial charge in [0, 0.05) is 18.0 Å². The molecular weight excluding hydrogens is 344 g/mol. The van der Waals surface area contributed by atoms with Crippen LogP contribution in [0, 0.1) is 5.92 Å². The summed E-state index contributed by atoms with van der Waals surface area (Å²) in [7, 11) is 0. The zero-order chi connectivity index (χ0) is 20.6. The van der Waals surface area contributed by atoms with Crippen LogP contribution in [0.5, 0.6) is 0 Å². The van der Waals surface area contributed by atoms with Crippen molar-refractivity contribution in [2.75, 3.05) is 19.6 Å². The van der Waals surface area contributed by atoms with Gasteiger partial charge in [-0.15, -0.1) is 0 Å². The number of nitrogens with zero attached hydrogens (tertiary/aromatic N) is 1. The van der Waals surface area contributed by atoms with E-state index in [1.54, 1.807) is 0 Å². The van der Waals surface area contributed by atoms with Crippen molar-refractivity contribution in [3.8, 4) is 0 Å². The predicted molar refractivity (Wildman–Crippen MR) is 119 cm³/mol. The van der Waals surface area contributed by atoms with Gasteiger partial charge in [0.1, 0.15) is 0 Å². The number of likely N-dealkylation sites (tertiary alicyclic amines) is 1. The van der Waals surface area contributed by atoms with Crippen LogP contribution in [0.4, 0.5) is 0 Å². The molecule has 2 aromatic rings. The van der Waals surface area contributed by atoms with E-state index in [2.05, 4.69) is 56.9 Å². The number of benzene rings is 2. The molecule has 3 rings (SSSR count). The van der Waals surface area contributed by atoms with Crippen LogP contribution >= 0.6 is 0 Å². The number of hydrogen-bond acceptors (Lipinski definition) is 3. The Morgan fingerprint density at radius 3 is 2.04 bits per heavy atom. The molecule has 152 valence electrons. The molecule has 1 saturated heterocycles. The molecule has 0 unspecified atom stereocenters. The molecule has 1 aliphatic heterocycles. The number of piperidine rings is 1. The van der Waals surface area contributed by atoms with Crippen molar-refractivity contribution < 1.29 is 4.79 Å². The Morgan fingerprint density at radius 2 is 1.57 bits per heavy atom. The summed E-state index contributed by atoms with van der Waals surface area (Å²) in [5.41, 5.74) is 9.18. The van der Waals surface area contributed by atoms with Gasteiger partial charge in [-0.2, -0.15) is 0 Å². The Morgan fingerprint density at radius 1 is 1.00 bits per heavy atom. The Kier molecular flexibility index (Phi) is 8.40. The van der Waals surface area contributed by atoms with Crippen molar-refractivity contribution in [2.45, 2.75) is 52.5 Å². The molecule has 1 aliphatic rings. The average molecular weight is 381 g/mol. The molecule has 0 saturated carbocycles. The number of hydrogen-bond donors (Lipinski definition) is 1. The lowest BCUT2D eigenvalue weighted by atomic mass is 9.87. The van der Waals surface area contributed by atoms with E-state index in [1.165, 1.54) is 11.1 Å². The average Bonchev–Trinajstić information content (AvgIpc) is 2.74. The van der Waals surface area contributed by atoms with Gasteiger partial charge in [0.05, 0.1) is 0 Å². The first kappa shape index (κ1) is 22.3. The number of carbonyl (C=O) groups excluding carboxylic acids is 1. The molecule has 0 bridgehead atoms. The lowest BCUT2D eigenvalue weighted by Crippen LogP contribution is -2.36. The molecule has 1 fully saturated rings. The summed E-state index contributed by atoms with van der Waals surface area (Å²) in [6.07, 6.45) is 2.03. The third-order valence-corrected chi connectivity index (χ3v) is 5.52. The molecule has 1 heterocycles. The van der Waals surface area contributed by atoms with E-state index >= 15 is 0 Å². The molecule has 0 radical (unpaired) electrons. The highest BCUT2D eigenvalue weighted by Gasteiger charge is 2.24. The van der Waals surface area contributed by atoms with Crippen molar-refractivity contribution >= 4 is 5.78 Å². The zero-order valence-corrected chi connectivity index (χ0v) is 17.9. The Balaban J connectivity index is 0.000000209. The SMILES string of the molecule is CC(C)(C)c1ccc(CN)cc1.CCN1CCC(C(=O)c2ccccc2)CC1. The fourth-order valence-corrected chi connectivity index (χ4v) is 3.49. The smallest absolute Gasteiger partial charge is 0.166 e. The van der Waals surface area contributed by atoms with E-state index in [0.717, 1.165) is 38.0 Å². The van der Waals surface area contributed by atoms with Crippen LogP contribution in [-0.4, -0.2) is 30.3 Å². The van der Waals surface area contributed by atoms with Crippen LogP contribution < -0.4 is 5.73 Å². The van der Waals surface area contributed by atoms with Crippen molar-refractivity contribution in [2.24, 2.45) is 11.7 Å². The number of nitrogens with two attached hydrogens (primary N) is 1. The molecule has 28 heavy (non-hydrogen) atoms. The normalized spacial score (nSPS) is 15.6. The molecular formula is C25H36N2O. The highest BCUT2D eigenvalue weighted by molar-refractivity contribution is 5.97. The first-order valence-electron chi connectivity index (χ1n) is 10.5. The predicted octanol–water partition coefficient (Wildman–Crippen LogP) is 5.04. The topological polar surface area (TPSA) is 46.3 Å². The Hall–Kier alpha value is -1.97. The maximum Gasteiger partial charge on any atom is 0.166 e. The van der Waals surface area contributed by atoms with Crippen molar-refractivity contribution in [3.63, 3.8) is 0 Å². The highest BCUT2D eigenvalue weighted by atomic mass is 16.1. The van der Waals surface area contributed by atoms with Gasteiger partial charge in [-0.05, 0) is 49.0 Å². The molecule has 0 aliphatic carbocycles. The molecule has 3 nitrogen and oxygen atoms in total. The van der Waals surface area contributed by atoms with Gasteiger partial charge in [0.2, 0.25) is 0 Å². The van der Waals surface area contributed by atoms with Crippen molar-refractivity contribution in [1.29, 1.82) is 0 Å². The standard InChI is InChI=1S/C14H19NO.C11H17N/c1-2-15-10-8-13(9-11-15)14(16)12-6-4-3-5-7-12;1-11(2,3)10-6-4-9(8-12)5-7-10/h3-7,13H,2,8-11H2,1H3;4-7H,8,12H2,1-3H3. The molecule has 2 N–H and O–H groups in total. The van der Waals surface area contributed by atoms with E-state index < -0.39 is 0 Å². The molecule has 0 aromatic heterocycles. The van der Waals surface area contributed by atoms with E-state index in [0.29, 0.717) is 12.3 Å². The van der Waals surface area contributed by atoms with E-state index in [-0.39, 0.29) is 11.3 Å². The molecule has 3 heteroatoms. The molecule has 2 aromatic carbocycles. The Labute approximate surface area is 170 Å². The minimum absolute atomic E-state index is 0.241. The van der Waals surface area contributed by atoms with Crippen LogP contribution in [0.15, 0.2) is 54.6 Å². The van der Waals surface area contributed by atoms with Crippen LogP contribution in [-0.2, 0) is 12.0 Å². The van der Waals surface area contributed by atoms with Crippen LogP contribution in [0.3, 0.4) is 0 Å². The van der Waals surface area contributed by atoms with Gasteiger partial charge in [0.15, 0.2) is 5.78 Å². The number of Topliss-reactive ketones (excluding diaryl/α,β-unsaturated/α-hetero) is 1. The quantitative estimate of drug-likeness (QED) is 0.756. The minimum Gasteiger partial charge on any atom is -0.326 e. The molecule has 0 spiro atoms. The molecule has 0 atom stereocenters. The van der Waals surface area contributed by atoms with Gasteiger partial charge in [0.25, 0.3) is 0 Å². The summed E-state index contributed by atoms with van der Waals surface area (Å²) in [5, 5.41) is 0. The van der Waals surface area contributed by atoms with E-state index in [9.17, 15) is 4.79 Å². The van der Waals surface area contributed by atoms with Crippen LogP contribution in [0.1, 0.15) is 62.0 Å². The van der Waals surface area contributed by atoms with E-state index in [1.807, 2.05) is 30.3 Å². The summed E-state index contributed by atoms with van der Waals surface area (Å²) < 4.78 is 0. The van der Waals surface area contributed by atoms with Crippen molar-refractivity contribution in [3.05, 3.63) is 71.3 Å². The Bertz CT molecular complexity index is 708. The van der Waals surface area contributed by atoms with Gasteiger partial charge in [-0.3, -0.25) is 4.79 Å². The van der Waals surface area contributed by atoms with E-state index in [4.69, 9.17) is 5.73 Å². The number of carbonyl (C=O) groups is 1. The fraction of sp³-hybridized carbons (Fsp3) is 0.480. The fourth-order valence-electron chi connectivity index (χ4n) is 3.49. The molecule has 0 amide bonds. The first-order valence-corrected chi connectivity index (χ1v) is 10.5. The third kappa shape index (κ3) is 6.57. The maximum absolute atomic E-state index is 12.2. The van der Waals surface area contributed by atoms with Crippen LogP contribution in [0.25, 0.3) is 0 Å². The second-order valence-corrected chi connectivity index (χ2v) is 8.59. The van der Waals surface area contributed by atoms with Gasteiger partial charge >= 0.3 is 0 Å². The summed E-state index contributed by atoms with van der Waals surface area (Å²) in [6.45, 7) is 12.7. The summed E-state index contributed by atoms with van der Waals surface area (Å²) in [4.78, 5) is 14.6. The maximum atomic E-state index is 12.2. The van der Waals surface area contributed by atoms with Crippen molar-refractivity contribution in [1.82, 2.24) is 4.90 Å². The second kappa shape index (κ2) is 10.5. The minimum atomic E-state index is 0.241. The second-order valence-electron chi connectivity index (χ2n) is 8.59. The number of ketones is 1. The lowest BCUT2D eigenvalue weighted by Gasteiger charge is -2.30. The monoisotopic (exact) mass is 380 g/mol. The lowest BCUT2D eigenvalue weighted by molar-refractivity contribution is 0.0844. The highest BCUT2D eigenvalue weighted by Crippen LogP contribution is 2.22. The van der Waals surface area contributed by atoms with Gasteiger partial charge in [-0.25, -0.2) is 0 Å². The summed E-state index contributed by atoms with van der Waals surface area (Å²) >= 11 is 0. The third-order valence-electron chi connectivity index (χ3n) is 5.52. The summed E-state index contributed by atoms with van der Waals surface area (Å²) in [5.74, 6) is 0.571. The number of rotatable bonds is 4. The van der Waals surface area contributed by atoms with Crippen LogP contribution in [0.2, 0.25) is 0 Å². The van der Waals surface area contributed by atoms with Gasteiger partial charge < -0.3 is 10.6 Å².